The Kier molecular flexibility index (Phi) is 7.05. The second-order valence-corrected chi connectivity index (χ2v) is 10.3. The van der Waals surface area contributed by atoms with Crippen molar-refractivity contribution < 1.29 is 13.2 Å². The zero-order valence-corrected chi connectivity index (χ0v) is 21.1. The summed E-state index contributed by atoms with van der Waals surface area (Å²) in [6, 6.07) is 20.3. The molecule has 3 aromatic carbocycles. The predicted octanol–water partition coefficient (Wildman–Crippen LogP) is 4.86. The number of fused-ring (bicyclic) bond motifs is 1. The third-order valence-corrected chi connectivity index (χ3v) is 7.91. The van der Waals surface area contributed by atoms with E-state index in [4.69, 9.17) is 9.72 Å². The lowest BCUT2D eigenvalue weighted by Gasteiger charge is -2.28. The Morgan fingerprint density at radius 3 is 2.26 bits per heavy atom. The van der Waals surface area contributed by atoms with Gasteiger partial charge in [-0.1, -0.05) is 36.8 Å². The van der Waals surface area contributed by atoms with E-state index in [-0.39, 0.29) is 10.5 Å². The number of hydrogen-bond acceptors (Lipinski definition) is 5. The number of rotatable bonds is 8. The van der Waals surface area contributed by atoms with E-state index in [0.29, 0.717) is 41.2 Å². The van der Waals surface area contributed by atoms with Crippen LogP contribution in [0.25, 0.3) is 16.6 Å². The zero-order chi connectivity index (χ0) is 25.2. The van der Waals surface area contributed by atoms with Crippen molar-refractivity contribution >= 4 is 20.9 Å². The lowest BCUT2D eigenvalue weighted by Crippen LogP contribution is -2.36. The molecule has 0 radical (unpaired) electrons. The largest absolute Gasteiger partial charge is 0.494 e. The third-order valence-electron chi connectivity index (χ3n) is 6.03. The molecule has 7 nitrogen and oxygen atoms in total. The van der Waals surface area contributed by atoms with E-state index in [0.717, 1.165) is 5.56 Å². The molecule has 1 heterocycles. The summed E-state index contributed by atoms with van der Waals surface area (Å²) >= 11 is 0. The molecule has 0 N–H and O–H groups in total. The molecule has 0 amide bonds. The number of hydrogen-bond donors (Lipinski definition) is 0. The van der Waals surface area contributed by atoms with Gasteiger partial charge in [0.25, 0.3) is 5.56 Å². The second kappa shape index (κ2) is 10.0. The van der Waals surface area contributed by atoms with Crippen molar-refractivity contribution in [2.45, 2.75) is 38.1 Å². The molecular weight excluding hydrogens is 462 g/mol. The van der Waals surface area contributed by atoms with Gasteiger partial charge in [-0.15, -0.1) is 0 Å². The minimum Gasteiger partial charge on any atom is -0.494 e. The molecule has 0 aliphatic rings. The molecule has 0 fully saturated rings. The Hall–Kier alpha value is -3.49. The molecule has 0 aliphatic heterocycles. The highest BCUT2D eigenvalue weighted by atomic mass is 32.2. The van der Waals surface area contributed by atoms with Crippen LogP contribution in [0.3, 0.4) is 0 Å². The normalized spacial score (nSPS) is 12.7. The van der Waals surface area contributed by atoms with E-state index in [1.807, 2.05) is 26.8 Å². The van der Waals surface area contributed by atoms with Crippen LogP contribution in [0.15, 0.2) is 82.5 Å². The summed E-state index contributed by atoms with van der Waals surface area (Å²) in [7, 11) is -2.30. The van der Waals surface area contributed by atoms with Crippen LogP contribution in [-0.4, -0.2) is 35.9 Å². The molecule has 0 saturated heterocycles. The average Bonchev–Trinajstić information content (AvgIpc) is 2.86. The molecule has 1 unspecified atom stereocenters. The van der Waals surface area contributed by atoms with E-state index in [1.165, 1.54) is 15.9 Å². The first-order valence-electron chi connectivity index (χ1n) is 11.6. The number of aromatic nitrogens is 2. The maximum absolute atomic E-state index is 13.7. The lowest BCUT2D eigenvalue weighted by molar-refractivity contribution is 0.340. The maximum atomic E-state index is 13.7. The Morgan fingerprint density at radius 2 is 1.63 bits per heavy atom. The molecule has 0 saturated carbocycles. The van der Waals surface area contributed by atoms with Gasteiger partial charge in [0.2, 0.25) is 10.0 Å². The topological polar surface area (TPSA) is 81.5 Å². The van der Waals surface area contributed by atoms with Gasteiger partial charge in [-0.25, -0.2) is 13.4 Å². The van der Waals surface area contributed by atoms with Crippen LogP contribution in [0.5, 0.6) is 5.75 Å². The van der Waals surface area contributed by atoms with Gasteiger partial charge in [-0.05, 0) is 68.8 Å². The molecule has 4 aromatic rings. The second-order valence-electron chi connectivity index (χ2n) is 8.31. The van der Waals surface area contributed by atoms with Crippen LogP contribution in [0.4, 0.5) is 0 Å². The first-order chi connectivity index (χ1) is 16.8. The summed E-state index contributed by atoms with van der Waals surface area (Å²) in [5.74, 6) is 1.05. The van der Waals surface area contributed by atoms with Crippen LogP contribution in [0, 0.1) is 6.92 Å². The van der Waals surface area contributed by atoms with Crippen LogP contribution in [-0.2, 0) is 10.0 Å². The fourth-order valence-corrected chi connectivity index (χ4v) is 5.52. The number of ether oxygens (including phenoxy) is 1. The molecule has 1 aromatic heterocycles. The molecule has 0 aliphatic carbocycles. The molecule has 4 rings (SSSR count). The Labute approximate surface area is 205 Å². The van der Waals surface area contributed by atoms with Gasteiger partial charge in [-0.3, -0.25) is 9.36 Å². The van der Waals surface area contributed by atoms with Gasteiger partial charge >= 0.3 is 0 Å². The average molecular weight is 492 g/mol. The SMILES string of the molecule is CCOc1ccc(-n2c(C(CC)N(C)S(=O)(=O)c3ccc(C)cc3)nc3ccccc3c2=O)cc1. The van der Waals surface area contributed by atoms with Gasteiger partial charge in [0, 0.05) is 7.05 Å². The van der Waals surface area contributed by atoms with Crippen LogP contribution in [0.2, 0.25) is 0 Å². The van der Waals surface area contributed by atoms with E-state index in [2.05, 4.69) is 0 Å². The summed E-state index contributed by atoms with van der Waals surface area (Å²) < 4.78 is 35.4. The van der Waals surface area contributed by atoms with Crippen LogP contribution in [0.1, 0.15) is 37.7 Å². The van der Waals surface area contributed by atoms with E-state index in [1.54, 1.807) is 66.7 Å². The van der Waals surface area contributed by atoms with E-state index < -0.39 is 16.1 Å². The smallest absolute Gasteiger partial charge is 0.266 e. The summed E-state index contributed by atoms with van der Waals surface area (Å²) in [6.45, 7) is 6.22. The molecule has 182 valence electrons. The Balaban J connectivity index is 1.91. The van der Waals surface area contributed by atoms with Crippen LogP contribution >= 0.6 is 0 Å². The number of sulfonamides is 1. The monoisotopic (exact) mass is 491 g/mol. The van der Waals surface area contributed by atoms with Crippen molar-refractivity contribution in [3.8, 4) is 11.4 Å². The van der Waals surface area contributed by atoms with Crippen molar-refractivity contribution in [3.63, 3.8) is 0 Å². The molecule has 0 spiro atoms. The fourth-order valence-electron chi connectivity index (χ4n) is 4.13. The highest BCUT2D eigenvalue weighted by molar-refractivity contribution is 7.89. The number of benzene rings is 3. The lowest BCUT2D eigenvalue weighted by atomic mass is 10.1. The summed E-state index contributed by atoms with van der Waals surface area (Å²) in [6.07, 6.45) is 0.420. The molecular formula is C27H29N3O4S. The highest BCUT2D eigenvalue weighted by Gasteiger charge is 2.32. The predicted molar refractivity (Wildman–Crippen MR) is 138 cm³/mol. The molecule has 1 atom stereocenters. The van der Waals surface area contributed by atoms with Crippen molar-refractivity contribution in [3.05, 3.63) is 94.5 Å². The van der Waals surface area contributed by atoms with E-state index >= 15 is 0 Å². The minimum atomic E-state index is -3.84. The number of aryl methyl sites for hydroxylation is 1. The van der Waals surface area contributed by atoms with Gasteiger partial charge in [0.05, 0.1) is 34.1 Å². The Morgan fingerprint density at radius 1 is 0.971 bits per heavy atom. The number of para-hydroxylation sites is 1. The number of nitrogens with zero attached hydrogens (tertiary/aromatic N) is 3. The fraction of sp³-hybridized carbons (Fsp3) is 0.259. The maximum Gasteiger partial charge on any atom is 0.266 e. The highest BCUT2D eigenvalue weighted by Crippen LogP contribution is 2.30. The third kappa shape index (κ3) is 4.72. The van der Waals surface area contributed by atoms with Gasteiger partial charge in [-0.2, -0.15) is 4.31 Å². The summed E-state index contributed by atoms with van der Waals surface area (Å²) in [5.41, 5.74) is 1.83. The molecule has 35 heavy (non-hydrogen) atoms. The zero-order valence-electron chi connectivity index (χ0n) is 20.3. The quantitative estimate of drug-likeness (QED) is 0.351. The van der Waals surface area contributed by atoms with Crippen molar-refractivity contribution in [1.29, 1.82) is 0 Å². The van der Waals surface area contributed by atoms with Crippen LogP contribution < -0.4 is 10.3 Å². The van der Waals surface area contributed by atoms with Crippen molar-refractivity contribution in [2.24, 2.45) is 0 Å². The standard InChI is InChI=1S/C27H29N3O4S/c1-5-25(29(4)35(32,33)22-17-11-19(3)12-18-22)26-28-24-10-8-7-9-23(24)27(31)30(26)20-13-15-21(16-14-20)34-6-2/h7-18,25H,5-6H2,1-4H3. The van der Waals surface area contributed by atoms with E-state index in [9.17, 15) is 13.2 Å². The van der Waals surface area contributed by atoms with Gasteiger partial charge in [0.1, 0.15) is 11.6 Å². The minimum absolute atomic E-state index is 0.194. The summed E-state index contributed by atoms with van der Waals surface area (Å²) in [4.78, 5) is 18.7. The first kappa shape index (κ1) is 24.6. The van der Waals surface area contributed by atoms with Crippen molar-refractivity contribution in [2.75, 3.05) is 13.7 Å². The van der Waals surface area contributed by atoms with Crippen molar-refractivity contribution in [1.82, 2.24) is 13.9 Å². The Bertz CT molecular complexity index is 1490. The van der Waals surface area contributed by atoms with Gasteiger partial charge < -0.3 is 4.74 Å². The van der Waals surface area contributed by atoms with Gasteiger partial charge in [0.15, 0.2) is 0 Å². The molecule has 0 bridgehead atoms. The summed E-state index contributed by atoms with van der Waals surface area (Å²) in [5, 5.41) is 0.462. The first-order valence-corrected chi connectivity index (χ1v) is 13.0. The molecule has 8 heteroatoms.